The highest BCUT2D eigenvalue weighted by Gasteiger charge is 2.57. The molecule has 46 heavy (non-hydrogen) atoms. The van der Waals surface area contributed by atoms with Crippen molar-refractivity contribution in [2.75, 3.05) is 24.0 Å². The molecule has 0 radical (unpaired) electrons. The summed E-state index contributed by atoms with van der Waals surface area (Å²) in [6.07, 6.45) is 16.7. The van der Waals surface area contributed by atoms with Crippen LogP contribution in [0.1, 0.15) is 80.1 Å². The molecular formula is C36H50N4O4S2. The van der Waals surface area contributed by atoms with Crippen molar-refractivity contribution in [1.82, 2.24) is 10.3 Å². The predicted octanol–water partition coefficient (Wildman–Crippen LogP) is 4.52. The van der Waals surface area contributed by atoms with Gasteiger partial charge in [0.25, 0.3) is 0 Å². The number of nitrogens with one attached hydrogen (secondary N) is 2. The van der Waals surface area contributed by atoms with E-state index in [2.05, 4.69) is 70.1 Å². The first-order valence-corrected chi connectivity index (χ1v) is 20.6. The van der Waals surface area contributed by atoms with E-state index in [9.17, 15) is 16.8 Å². The summed E-state index contributed by atoms with van der Waals surface area (Å²) in [7, 11) is -6.36. The van der Waals surface area contributed by atoms with Crippen LogP contribution in [-0.4, -0.2) is 73.9 Å². The number of sulfone groups is 2. The number of hydrogen-bond donors (Lipinski definition) is 2. The van der Waals surface area contributed by atoms with Crippen LogP contribution in [-0.2, 0) is 19.7 Å². The van der Waals surface area contributed by atoms with Gasteiger partial charge in [0.15, 0.2) is 0 Å². The van der Waals surface area contributed by atoms with E-state index in [1.54, 1.807) is 0 Å². The molecule has 5 rings (SSSR count). The van der Waals surface area contributed by atoms with E-state index in [0.29, 0.717) is 25.7 Å². The molecule has 4 unspecified atom stereocenters. The zero-order chi connectivity index (χ0) is 33.7. The van der Waals surface area contributed by atoms with Gasteiger partial charge in [0.05, 0.1) is 34.0 Å². The molecule has 0 aromatic carbocycles. The minimum absolute atomic E-state index is 0.0690. The van der Waals surface area contributed by atoms with Crippen LogP contribution >= 0.6 is 0 Å². The maximum atomic E-state index is 12.4. The van der Waals surface area contributed by atoms with Crippen molar-refractivity contribution in [3.63, 3.8) is 0 Å². The first kappa shape index (κ1) is 34.5. The lowest BCUT2D eigenvalue weighted by atomic mass is 9.63. The highest BCUT2D eigenvalue weighted by atomic mass is 32.2. The fourth-order valence-corrected chi connectivity index (χ4v) is 9.93. The molecule has 0 fully saturated rings. The zero-order valence-corrected chi connectivity index (χ0v) is 30.3. The molecular weight excluding hydrogens is 617 g/mol. The van der Waals surface area contributed by atoms with Crippen LogP contribution in [0.5, 0.6) is 0 Å². The topological polar surface area (TPSA) is 121 Å². The van der Waals surface area contributed by atoms with E-state index >= 15 is 0 Å². The minimum atomic E-state index is -3.20. The van der Waals surface area contributed by atoms with Crippen molar-refractivity contribution in [3.8, 4) is 0 Å². The molecule has 0 spiro atoms. The van der Waals surface area contributed by atoms with Crippen LogP contribution in [0.4, 0.5) is 0 Å². The Morgan fingerprint density at radius 1 is 0.913 bits per heavy atom. The number of rotatable bonds is 10. The van der Waals surface area contributed by atoms with E-state index in [1.165, 1.54) is 23.7 Å². The number of allylic oxidation sites excluding steroid dienone is 3. The number of aliphatic imine (C=N–C) groups is 2. The second-order valence-electron chi connectivity index (χ2n) is 13.9. The third-order valence-electron chi connectivity index (χ3n) is 10.7. The molecule has 8 bridgehead atoms. The van der Waals surface area contributed by atoms with E-state index in [-0.39, 0.29) is 17.4 Å². The van der Waals surface area contributed by atoms with Gasteiger partial charge in [-0.3, -0.25) is 10.3 Å². The van der Waals surface area contributed by atoms with Crippen molar-refractivity contribution in [2.45, 2.75) is 96.7 Å². The molecule has 0 saturated heterocycles. The second-order valence-corrected chi connectivity index (χ2v) is 18.4. The fourth-order valence-electron chi connectivity index (χ4n) is 8.59. The first-order valence-electron chi connectivity index (χ1n) is 16.5. The van der Waals surface area contributed by atoms with Gasteiger partial charge in [-0.1, -0.05) is 26.3 Å². The van der Waals surface area contributed by atoms with E-state index < -0.39 is 36.3 Å². The second kappa shape index (κ2) is 12.3. The number of aromatic amines is 1. The van der Waals surface area contributed by atoms with Gasteiger partial charge in [0.1, 0.15) is 19.7 Å². The average Bonchev–Trinajstić information content (AvgIpc) is 3.69. The van der Waals surface area contributed by atoms with Gasteiger partial charge < -0.3 is 4.98 Å². The summed E-state index contributed by atoms with van der Waals surface area (Å²) >= 11 is 0. The lowest BCUT2D eigenvalue weighted by Crippen LogP contribution is -2.60. The van der Waals surface area contributed by atoms with Gasteiger partial charge in [-0.15, -0.1) is 0 Å². The van der Waals surface area contributed by atoms with Crippen molar-refractivity contribution in [2.24, 2.45) is 15.9 Å². The molecule has 2 N–H and O–H groups in total. The highest BCUT2D eigenvalue weighted by Crippen LogP contribution is 2.54. The van der Waals surface area contributed by atoms with Crippen LogP contribution in [0.25, 0.3) is 12.2 Å². The van der Waals surface area contributed by atoms with Crippen LogP contribution in [0.3, 0.4) is 0 Å². The summed E-state index contributed by atoms with van der Waals surface area (Å²) in [5, 5.41) is 5.98. The molecule has 4 aliphatic heterocycles. The zero-order valence-electron chi connectivity index (χ0n) is 28.6. The number of fused-ring (bicyclic) bond motifs is 6. The Labute approximate surface area is 275 Å². The Hall–Kier alpha value is -2.82. The minimum Gasteiger partial charge on any atom is -0.355 e. The van der Waals surface area contributed by atoms with Gasteiger partial charge in [-0.05, 0) is 119 Å². The molecule has 250 valence electrons. The Morgan fingerprint density at radius 2 is 1.57 bits per heavy atom. The Bertz CT molecular complexity index is 1960. The van der Waals surface area contributed by atoms with Crippen molar-refractivity contribution >= 4 is 43.2 Å². The molecule has 0 aliphatic carbocycles. The average molecular weight is 667 g/mol. The van der Waals surface area contributed by atoms with Crippen molar-refractivity contribution in [3.05, 3.63) is 69.0 Å². The molecule has 5 heterocycles. The van der Waals surface area contributed by atoms with Gasteiger partial charge >= 0.3 is 0 Å². The largest absolute Gasteiger partial charge is 0.355 e. The summed E-state index contributed by atoms with van der Waals surface area (Å²) in [6.45, 7) is 13.3. The van der Waals surface area contributed by atoms with Crippen LogP contribution in [0, 0.1) is 5.92 Å². The Balaban J connectivity index is 1.80. The normalized spacial score (nSPS) is 32.1. The van der Waals surface area contributed by atoms with E-state index in [0.717, 1.165) is 51.8 Å². The van der Waals surface area contributed by atoms with Gasteiger partial charge in [0.2, 0.25) is 0 Å². The smallest absolute Gasteiger partial charge is 0.147 e. The quantitative estimate of drug-likeness (QED) is 0.356. The van der Waals surface area contributed by atoms with Crippen LogP contribution in [0.15, 0.2) is 68.3 Å². The lowest BCUT2D eigenvalue weighted by molar-refractivity contribution is 0.166. The third kappa shape index (κ3) is 6.49. The lowest BCUT2D eigenvalue weighted by Gasteiger charge is -2.48. The molecule has 1 aromatic rings. The van der Waals surface area contributed by atoms with E-state index in [4.69, 9.17) is 9.98 Å². The predicted molar refractivity (Wildman–Crippen MR) is 191 cm³/mol. The number of aromatic nitrogens is 1. The standard InChI is InChI=1S/C36H50N4O4S2/c1-9-31-25(4)35(10-2)26(5)36(18-12-20-46(8,43)44)32(13-11-19-45(7,41)42)24(3)33(39-36)22-29-15-14-27(37-29)21-28-16-17-30(38-28)23-34(31,6)40-35/h14-17,21-23,26,37,40H,9-13,18-20H2,1-8H3/b27-21-,29-22-,30-23-. The maximum Gasteiger partial charge on any atom is 0.147 e. The van der Waals surface area contributed by atoms with Crippen molar-refractivity contribution in [1.29, 1.82) is 0 Å². The molecule has 1 aromatic heterocycles. The maximum absolute atomic E-state index is 12.4. The first-order chi connectivity index (χ1) is 21.5. The van der Waals surface area contributed by atoms with Crippen LogP contribution in [0.2, 0.25) is 0 Å². The number of H-pyrrole nitrogens is 1. The molecule has 8 nitrogen and oxygen atoms in total. The van der Waals surface area contributed by atoms with Gasteiger partial charge in [-0.25, -0.2) is 21.8 Å². The molecule has 10 heteroatoms. The number of hydrogen-bond acceptors (Lipinski definition) is 7. The SMILES string of the molecule is CCC1=C(C)C2(CC)NC1(C)/C=C1/C=CC(=N1)/C=c1/cc/c([nH]1)=C/C1=NC(CCCS(C)(=O)=O)(C(CCCS(C)(=O)=O)=C1C)C2C. The van der Waals surface area contributed by atoms with Gasteiger partial charge in [-0.2, -0.15) is 0 Å². The van der Waals surface area contributed by atoms with Crippen LogP contribution < -0.4 is 16.0 Å². The monoisotopic (exact) mass is 666 g/mol. The Morgan fingerprint density at radius 3 is 2.20 bits per heavy atom. The summed E-state index contributed by atoms with van der Waals surface area (Å²) in [5.41, 5.74) is 5.77. The van der Waals surface area contributed by atoms with Gasteiger partial charge in [0, 0.05) is 40.4 Å². The summed E-state index contributed by atoms with van der Waals surface area (Å²) in [6, 6.07) is 4.06. The van der Waals surface area contributed by atoms with Crippen molar-refractivity contribution < 1.29 is 16.8 Å². The van der Waals surface area contributed by atoms with E-state index in [1.807, 2.05) is 24.3 Å². The highest BCUT2D eigenvalue weighted by molar-refractivity contribution is 7.90. The molecule has 0 amide bonds. The molecule has 4 aliphatic rings. The fraction of sp³-hybridized carbons (Fsp3) is 0.556. The third-order valence-corrected chi connectivity index (χ3v) is 12.8. The Kier molecular flexibility index (Phi) is 9.25. The number of nitrogens with zero attached hydrogens (tertiary/aromatic N) is 2. The summed E-state index contributed by atoms with van der Waals surface area (Å²) in [4.78, 5) is 14.1. The molecule has 4 atom stereocenters. The summed E-state index contributed by atoms with van der Waals surface area (Å²) in [5.74, 6) is 0.0722. The summed E-state index contributed by atoms with van der Waals surface area (Å²) < 4.78 is 49.3. The molecule has 0 saturated carbocycles.